The highest BCUT2D eigenvalue weighted by atomic mass is 32.2. The van der Waals surface area contributed by atoms with Crippen molar-refractivity contribution in [2.45, 2.75) is 44.6 Å². The van der Waals surface area contributed by atoms with E-state index >= 15 is 0 Å². The number of amides is 1. The molecular formula is C25H25N5O3S2. The number of hydrogen-bond acceptors (Lipinski definition) is 8. The summed E-state index contributed by atoms with van der Waals surface area (Å²) in [6.07, 6.45) is 5.42. The molecule has 0 bridgehead atoms. The fourth-order valence-corrected chi connectivity index (χ4v) is 8.41. The first-order valence-electron chi connectivity index (χ1n) is 12.1. The molecule has 6 heterocycles. The lowest BCUT2D eigenvalue weighted by Crippen LogP contribution is -2.49. The molecule has 35 heavy (non-hydrogen) atoms. The third-order valence-electron chi connectivity index (χ3n) is 7.98. The average molecular weight is 508 g/mol. The first-order chi connectivity index (χ1) is 16.9. The normalized spacial score (nSPS) is 22.0. The van der Waals surface area contributed by atoms with Crippen LogP contribution in [-0.4, -0.2) is 55.7 Å². The molecule has 1 spiro atoms. The average Bonchev–Trinajstić information content (AvgIpc) is 3.31. The maximum Gasteiger partial charge on any atom is 0.275 e. The smallest absolute Gasteiger partial charge is 0.275 e. The van der Waals surface area contributed by atoms with Crippen LogP contribution in [0.15, 0.2) is 17.2 Å². The Balaban J connectivity index is 1.27. The highest BCUT2D eigenvalue weighted by molar-refractivity contribution is 8.00. The Morgan fingerprint density at radius 2 is 2.06 bits per heavy atom. The van der Waals surface area contributed by atoms with Gasteiger partial charge in [-0.1, -0.05) is 0 Å². The van der Waals surface area contributed by atoms with Crippen LogP contribution in [0.4, 0.5) is 11.5 Å². The molecule has 0 aromatic carbocycles. The van der Waals surface area contributed by atoms with E-state index in [1.54, 1.807) is 33.7 Å². The number of thioether (sulfide) groups is 1. The van der Waals surface area contributed by atoms with Crippen molar-refractivity contribution in [3.05, 3.63) is 44.4 Å². The van der Waals surface area contributed by atoms with Crippen LogP contribution < -0.4 is 10.9 Å². The van der Waals surface area contributed by atoms with Crippen LogP contribution in [-0.2, 0) is 23.2 Å². The summed E-state index contributed by atoms with van der Waals surface area (Å²) < 4.78 is 1.75. The monoisotopic (exact) mass is 507 g/mol. The van der Waals surface area contributed by atoms with E-state index in [1.165, 1.54) is 16.8 Å². The number of anilines is 2. The minimum atomic E-state index is -0.378. The van der Waals surface area contributed by atoms with Gasteiger partial charge in [-0.2, -0.15) is 11.8 Å². The Kier molecular flexibility index (Phi) is 4.70. The van der Waals surface area contributed by atoms with Crippen LogP contribution in [0, 0.1) is 12.8 Å². The molecular weight excluding hydrogens is 482 g/mol. The molecule has 3 aliphatic heterocycles. The zero-order valence-corrected chi connectivity index (χ0v) is 21.1. The van der Waals surface area contributed by atoms with Crippen molar-refractivity contribution in [1.29, 1.82) is 0 Å². The Morgan fingerprint density at radius 1 is 1.23 bits per heavy atom. The van der Waals surface area contributed by atoms with E-state index in [1.807, 2.05) is 11.8 Å². The van der Waals surface area contributed by atoms with Crippen molar-refractivity contribution in [1.82, 2.24) is 19.4 Å². The fraction of sp³-hybridized carbons (Fsp3) is 0.480. The summed E-state index contributed by atoms with van der Waals surface area (Å²) in [7, 11) is 0. The number of fused-ring (bicyclic) bond motifs is 5. The predicted octanol–water partition coefficient (Wildman–Crippen LogP) is 3.27. The van der Waals surface area contributed by atoms with Crippen molar-refractivity contribution in [2.24, 2.45) is 5.92 Å². The zero-order chi connectivity index (χ0) is 23.9. The Labute approximate surface area is 210 Å². The molecule has 8 nitrogen and oxygen atoms in total. The number of nitrogens with one attached hydrogen (secondary N) is 1. The van der Waals surface area contributed by atoms with Crippen LogP contribution in [0.3, 0.4) is 0 Å². The molecule has 1 amide bonds. The second-order valence-electron chi connectivity index (χ2n) is 10.2. The second kappa shape index (κ2) is 7.64. The number of ketones is 1. The number of aromatic nitrogens is 3. The van der Waals surface area contributed by atoms with Gasteiger partial charge in [-0.05, 0) is 49.8 Å². The molecule has 0 saturated carbocycles. The maximum absolute atomic E-state index is 13.6. The Morgan fingerprint density at radius 3 is 2.77 bits per heavy atom. The quantitative estimate of drug-likeness (QED) is 0.581. The van der Waals surface area contributed by atoms with Crippen molar-refractivity contribution >= 4 is 56.5 Å². The van der Waals surface area contributed by atoms with Gasteiger partial charge in [0.25, 0.3) is 5.56 Å². The predicted molar refractivity (Wildman–Crippen MR) is 137 cm³/mol. The molecule has 180 valence electrons. The standard InChI is InChI=1S/C25H25N5O3S2/c1-13-7-16(24(33)30-20(13)17(31)9-25(30)10-34-11-25)28-21-19-15-4-3-14(23(32)29-5-2-6-29)8-18(15)35-22(19)27-12-26-21/h7,12,14H,2-6,8-11H2,1H3,(H,26,27,28)/t14-/m0/s1. The van der Waals surface area contributed by atoms with Crippen molar-refractivity contribution < 1.29 is 9.59 Å². The summed E-state index contributed by atoms with van der Waals surface area (Å²) in [5.74, 6) is 2.59. The Bertz CT molecular complexity index is 1480. The highest BCUT2D eigenvalue weighted by Gasteiger charge is 2.49. The molecule has 10 heteroatoms. The lowest BCUT2D eigenvalue weighted by atomic mass is 9.86. The van der Waals surface area contributed by atoms with Gasteiger partial charge >= 0.3 is 0 Å². The molecule has 1 N–H and O–H groups in total. The van der Waals surface area contributed by atoms with E-state index in [0.29, 0.717) is 23.6 Å². The van der Waals surface area contributed by atoms with Gasteiger partial charge in [0, 0.05) is 41.8 Å². The van der Waals surface area contributed by atoms with Crippen LogP contribution in [0.25, 0.3) is 10.2 Å². The van der Waals surface area contributed by atoms with E-state index in [9.17, 15) is 14.4 Å². The SMILES string of the molecule is Cc1cc(Nc2ncnc3sc4c(c23)CC[C@H](C(=O)N2CCC2)C4)c(=O)n2c1C(=O)CC21CSC1. The first kappa shape index (κ1) is 21.6. The number of carbonyl (C=O) groups is 2. The fourth-order valence-electron chi connectivity index (χ4n) is 6.00. The van der Waals surface area contributed by atoms with Gasteiger partial charge in [0.05, 0.1) is 16.6 Å². The van der Waals surface area contributed by atoms with E-state index in [0.717, 1.165) is 66.1 Å². The second-order valence-corrected chi connectivity index (χ2v) is 12.3. The molecule has 4 aliphatic rings. The molecule has 0 radical (unpaired) electrons. The zero-order valence-electron chi connectivity index (χ0n) is 19.4. The topological polar surface area (TPSA) is 97.2 Å². The summed E-state index contributed by atoms with van der Waals surface area (Å²) in [4.78, 5) is 52.2. The largest absolute Gasteiger partial charge is 0.342 e. The number of aryl methyl sites for hydroxylation is 2. The van der Waals surface area contributed by atoms with E-state index < -0.39 is 0 Å². The molecule has 1 atom stereocenters. The summed E-state index contributed by atoms with van der Waals surface area (Å²) in [5.41, 5.74) is 2.47. The number of nitrogens with zero attached hydrogens (tertiary/aromatic N) is 4. The molecule has 2 fully saturated rings. The minimum absolute atomic E-state index is 0.0401. The van der Waals surface area contributed by atoms with Gasteiger partial charge in [0.2, 0.25) is 5.91 Å². The van der Waals surface area contributed by atoms with Crippen molar-refractivity contribution in [3.63, 3.8) is 0 Å². The summed E-state index contributed by atoms with van der Waals surface area (Å²) >= 11 is 3.40. The summed E-state index contributed by atoms with van der Waals surface area (Å²) in [6.45, 7) is 3.67. The molecule has 2 saturated heterocycles. The van der Waals surface area contributed by atoms with Crippen LogP contribution >= 0.6 is 23.1 Å². The van der Waals surface area contributed by atoms with Crippen LogP contribution in [0.1, 0.15) is 45.8 Å². The van der Waals surface area contributed by atoms with Crippen molar-refractivity contribution in [3.8, 4) is 0 Å². The van der Waals surface area contributed by atoms with E-state index in [4.69, 9.17) is 0 Å². The number of pyridine rings is 1. The third kappa shape index (κ3) is 3.08. The molecule has 1 aliphatic carbocycles. The third-order valence-corrected chi connectivity index (χ3v) is 10.6. The van der Waals surface area contributed by atoms with Crippen LogP contribution in [0.2, 0.25) is 0 Å². The summed E-state index contributed by atoms with van der Waals surface area (Å²) in [6, 6.07) is 1.78. The van der Waals surface area contributed by atoms with E-state index in [-0.39, 0.29) is 28.7 Å². The Hall–Kier alpha value is -2.72. The number of carbonyl (C=O) groups excluding carboxylic acids is 2. The lowest BCUT2D eigenvalue weighted by Gasteiger charge is -2.39. The molecule has 3 aromatic heterocycles. The molecule has 7 rings (SSSR count). The lowest BCUT2D eigenvalue weighted by molar-refractivity contribution is -0.139. The maximum atomic E-state index is 13.6. The number of rotatable bonds is 3. The first-order valence-corrected chi connectivity index (χ1v) is 14.1. The number of hydrogen-bond donors (Lipinski definition) is 1. The van der Waals surface area contributed by atoms with Gasteiger partial charge in [-0.15, -0.1) is 11.3 Å². The number of likely N-dealkylation sites (tertiary alicyclic amines) is 1. The van der Waals surface area contributed by atoms with Gasteiger partial charge in [-0.25, -0.2) is 9.97 Å². The molecule has 0 unspecified atom stereocenters. The van der Waals surface area contributed by atoms with Gasteiger partial charge in [0.15, 0.2) is 5.78 Å². The van der Waals surface area contributed by atoms with Crippen molar-refractivity contribution in [2.75, 3.05) is 29.9 Å². The van der Waals surface area contributed by atoms with Crippen LogP contribution in [0.5, 0.6) is 0 Å². The summed E-state index contributed by atoms with van der Waals surface area (Å²) in [5, 5.41) is 4.28. The molecule has 3 aromatic rings. The number of thiophene rings is 1. The minimum Gasteiger partial charge on any atom is -0.342 e. The van der Waals surface area contributed by atoms with Gasteiger partial charge in [-0.3, -0.25) is 19.0 Å². The van der Waals surface area contributed by atoms with E-state index in [2.05, 4.69) is 15.3 Å². The van der Waals surface area contributed by atoms with Gasteiger partial charge < -0.3 is 10.2 Å². The van der Waals surface area contributed by atoms with Gasteiger partial charge in [0.1, 0.15) is 22.7 Å². The number of Topliss-reactive ketones (excluding diaryl/α,β-unsaturated/α-hetero) is 1. The highest BCUT2D eigenvalue weighted by Crippen LogP contribution is 2.45.